The molecule has 26 heavy (non-hydrogen) atoms. The van der Waals surface area contributed by atoms with Gasteiger partial charge in [-0.25, -0.2) is 4.68 Å². The second-order valence-electron chi connectivity index (χ2n) is 6.49. The summed E-state index contributed by atoms with van der Waals surface area (Å²) < 4.78 is 6.88. The molecule has 0 aliphatic carbocycles. The summed E-state index contributed by atoms with van der Waals surface area (Å²) >= 11 is 1.32. The molecule has 0 spiro atoms. The molecule has 140 valence electrons. The van der Waals surface area contributed by atoms with E-state index in [1.54, 1.807) is 0 Å². The highest BCUT2D eigenvalue weighted by Gasteiger charge is 2.21. The van der Waals surface area contributed by atoms with E-state index < -0.39 is 0 Å². The number of thioether (sulfide) groups is 1. The Hall–Kier alpha value is -2.22. The van der Waals surface area contributed by atoms with Crippen molar-refractivity contribution >= 4 is 17.7 Å². The lowest BCUT2D eigenvalue weighted by atomic mass is 9.99. The fourth-order valence-electron chi connectivity index (χ4n) is 2.91. The Morgan fingerprint density at radius 2 is 1.96 bits per heavy atom. The van der Waals surface area contributed by atoms with Crippen molar-refractivity contribution < 1.29 is 9.53 Å². The Balaban J connectivity index is 1.61. The summed E-state index contributed by atoms with van der Waals surface area (Å²) in [5.41, 5.74) is 0.853. The van der Waals surface area contributed by atoms with Crippen molar-refractivity contribution in [2.75, 3.05) is 31.3 Å². The summed E-state index contributed by atoms with van der Waals surface area (Å²) in [6.45, 7) is 6.48. The number of aromatic nitrogens is 3. The molecule has 1 amide bonds. The standard InChI is InChI=1S/C18H25N5O2S/c1-3-25-15-6-4-14(5-7-15)17-20-21-18(23(17)19)26-12-16(24)22-10-8-13(2)9-11-22/h4-7,13H,3,8-12,19H2,1-2H3. The van der Waals surface area contributed by atoms with Crippen LogP contribution in [-0.4, -0.2) is 51.1 Å². The second kappa shape index (κ2) is 8.44. The first-order chi connectivity index (χ1) is 12.6. The van der Waals surface area contributed by atoms with Gasteiger partial charge in [0.05, 0.1) is 12.4 Å². The highest BCUT2D eigenvalue weighted by atomic mass is 32.2. The fourth-order valence-corrected chi connectivity index (χ4v) is 3.67. The molecule has 0 atom stereocenters. The number of benzene rings is 1. The van der Waals surface area contributed by atoms with Crippen molar-refractivity contribution in [1.82, 2.24) is 19.8 Å². The van der Waals surface area contributed by atoms with E-state index in [0.717, 1.165) is 37.2 Å². The van der Waals surface area contributed by atoms with Crippen LogP contribution < -0.4 is 10.6 Å². The highest BCUT2D eigenvalue weighted by Crippen LogP contribution is 2.24. The van der Waals surface area contributed by atoms with Gasteiger partial charge in [0.15, 0.2) is 5.82 Å². The molecule has 1 aromatic carbocycles. The first-order valence-electron chi connectivity index (χ1n) is 8.92. The highest BCUT2D eigenvalue weighted by molar-refractivity contribution is 7.99. The van der Waals surface area contributed by atoms with E-state index in [-0.39, 0.29) is 5.91 Å². The SMILES string of the molecule is CCOc1ccc(-c2nnc(SCC(=O)N3CCC(C)CC3)n2N)cc1. The van der Waals surface area contributed by atoms with Gasteiger partial charge in [-0.1, -0.05) is 18.7 Å². The number of hydrogen-bond acceptors (Lipinski definition) is 6. The van der Waals surface area contributed by atoms with Crippen LogP contribution in [0.5, 0.6) is 5.75 Å². The number of carbonyl (C=O) groups is 1. The van der Waals surface area contributed by atoms with E-state index in [0.29, 0.717) is 29.3 Å². The fraction of sp³-hybridized carbons (Fsp3) is 0.500. The maximum Gasteiger partial charge on any atom is 0.233 e. The van der Waals surface area contributed by atoms with Crippen molar-refractivity contribution in [3.8, 4) is 17.1 Å². The number of nitrogens with zero attached hydrogens (tertiary/aromatic N) is 4. The number of nitrogens with two attached hydrogens (primary N) is 1. The average molecular weight is 375 g/mol. The maximum atomic E-state index is 12.4. The van der Waals surface area contributed by atoms with Crippen LogP contribution in [0.3, 0.4) is 0 Å². The van der Waals surface area contributed by atoms with Crippen molar-refractivity contribution in [2.45, 2.75) is 31.8 Å². The summed E-state index contributed by atoms with van der Waals surface area (Å²) in [5.74, 6) is 8.66. The van der Waals surface area contributed by atoms with E-state index in [1.165, 1.54) is 16.4 Å². The number of hydrogen-bond donors (Lipinski definition) is 1. The topological polar surface area (TPSA) is 86.3 Å². The Bertz CT molecular complexity index is 739. The van der Waals surface area contributed by atoms with E-state index in [2.05, 4.69) is 17.1 Å². The van der Waals surface area contributed by atoms with Gasteiger partial charge in [0, 0.05) is 18.7 Å². The van der Waals surface area contributed by atoms with Gasteiger partial charge < -0.3 is 15.5 Å². The van der Waals surface area contributed by atoms with Crippen molar-refractivity contribution in [1.29, 1.82) is 0 Å². The Morgan fingerprint density at radius 3 is 2.62 bits per heavy atom. The number of rotatable bonds is 6. The molecule has 1 fully saturated rings. The lowest BCUT2D eigenvalue weighted by Crippen LogP contribution is -2.39. The lowest BCUT2D eigenvalue weighted by molar-refractivity contribution is -0.129. The van der Waals surface area contributed by atoms with Crippen LogP contribution >= 0.6 is 11.8 Å². The zero-order valence-electron chi connectivity index (χ0n) is 15.2. The van der Waals surface area contributed by atoms with Crippen LogP contribution in [0.25, 0.3) is 11.4 Å². The number of nitrogen functional groups attached to an aromatic ring is 1. The van der Waals surface area contributed by atoms with Crippen LogP contribution in [0.1, 0.15) is 26.7 Å². The summed E-state index contributed by atoms with van der Waals surface area (Å²) in [5, 5.41) is 8.83. The zero-order valence-corrected chi connectivity index (χ0v) is 16.0. The zero-order chi connectivity index (χ0) is 18.5. The van der Waals surface area contributed by atoms with Crippen LogP contribution in [-0.2, 0) is 4.79 Å². The lowest BCUT2D eigenvalue weighted by Gasteiger charge is -2.30. The summed E-state index contributed by atoms with van der Waals surface area (Å²) in [6, 6.07) is 7.54. The van der Waals surface area contributed by atoms with Gasteiger partial charge in [-0.3, -0.25) is 4.79 Å². The van der Waals surface area contributed by atoms with E-state index in [9.17, 15) is 4.79 Å². The summed E-state index contributed by atoms with van der Waals surface area (Å²) in [6.07, 6.45) is 2.15. The monoisotopic (exact) mass is 375 g/mol. The smallest absolute Gasteiger partial charge is 0.233 e. The minimum absolute atomic E-state index is 0.132. The van der Waals surface area contributed by atoms with Crippen LogP contribution in [0.15, 0.2) is 29.4 Å². The van der Waals surface area contributed by atoms with Crippen LogP contribution in [0.4, 0.5) is 0 Å². The summed E-state index contributed by atoms with van der Waals surface area (Å²) in [7, 11) is 0. The Morgan fingerprint density at radius 1 is 1.27 bits per heavy atom. The van der Waals surface area contributed by atoms with Gasteiger partial charge in [0.25, 0.3) is 0 Å². The Kier molecular flexibility index (Phi) is 6.03. The van der Waals surface area contributed by atoms with Gasteiger partial charge in [0.1, 0.15) is 5.75 Å². The third-order valence-electron chi connectivity index (χ3n) is 4.55. The molecule has 1 aliphatic rings. The van der Waals surface area contributed by atoms with Crippen molar-refractivity contribution in [2.24, 2.45) is 5.92 Å². The predicted molar refractivity (Wildman–Crippen MR) is 102 cm³/mol. The van der Waals surface area contributed by atoms with Gasteiger partial charge >= 0.3 is 0 Å². The molecule has 7 nitrogen and oxygen atoms in total. The molecule has 2 heterocycles. The molecule has 2 N–H and O–H groups in total. The van der Waals surface area contributed by atoms with E-state index in [1.807, 2.05) is 36.1 Å². The van der Waals surface area contributed by atoms with Gasteiger partial charge in [0.2, 0.25) is 11.1 Å². The molecule has 2 aromatic rings. The Labute approximate surface area is 157 Å². The van der Waals surface area contributed by atoms with Crippen molar-refractivity contribution in [3.05, 3.63) is 24.3 Å². The third kappa shape index (κ3) is 4.30. The van der Waals surface area contributed by atoms with Gasteiger partial charge in [-0.05, 0) is 49.9 Å². The molecule has 0 unspecified atom stereocenters. The molecule has 8 heteroatoms. The van der Waals surface area contributed by atoms with E-state index >= 15 is 0 Å². The minimum atomic E-state index is 0.132. The van der Waals surface area contributed by atoms with E-state index in [4.69, 9.17) is 10.6 Å². The molecule has 1 saturated heterocycles. The third-order valence-corrected chi connectivity index (χ3v) is 5.48. The number of piperidine rings is 1. The molecule has 0 bridgehead atoms. The molecular weight excluding hydrogens is 350 g/mol. The van der Waals surface area contributed by atoms with Crippen LogP contribution in [0, 0.1) is 5.92 Å². The molecule has 0 saturated carbocycles. The number of carbonyl (C=O) groups excluding carboxylic acids is 1. The molecule has 0 radical (unpaired) electrons. The first kappa shape index (κ1) is 18.6. The predicted octanol–water partition coefficient (Wildman–Crippen LogP) is 2.41. The second-order valence-corrected chi connectivity index (χ2v) is 7.43. The number of amides is 1. The molecule has 1 aliphatic heterocycles. The maximum absolute atomic E-state index is 12.4. The van der Waals surface area contributed by atoms with Gasteiger partial charge in [-0.15, -0.1) is 10.2 Å². The van der Waals surface area contributed by atoms with Crippen molar-refractivity contribution in [3.63, 3.8) is 0 Å². The average Bonchev–Trinajstić information content (AvgIpc) is 3.02. The number of likely N-dealkylation sites (tertiary alicyclic amines) is 1. The normalized spacial score (nSPS) is 15.2. The molecular formula is C18H25N5O2S. The largest absolute Gasteiger partial charge is 0.494 e. The molecule has 3 rings (SSSR count). The van der Waals surface area contributed by atoms with Gasteiger partial charge in [-0.2, -0.15) is 0 Å². The number of ether oxygens (including phenoxy) is 1. The quantitative estimate of drug-likeness (QED) is 0.616. The molecule has 1 aromatic heterocycles. The van der Waals surface area contributed by atoms with Crippen LogP contribution in [0.2, 0.25) is 0 Å². The minimum Gasteiger partial charge on any atom is -0.494 e. The summed E-state index contributed by atoms with van der Waals surface area (Å²) in [4.78, 5) is 14.3. The first-order valence-corrected chi connectivity index (χ1v) is 9.91.